The Bertz CT molecular complexity index is 1420. The lowest BCUT2D eigenvalue weighted by Crippen LogP contribution is -2.54. The Kier molecular flexibility index (Phi) is 6.03. The maximum absolute atomic E-state index is 13.1. The Hall–Kier alpha value is -3.88. The minimum Gasteiger partial charge on any atom is -0.478 e. The van der Waals surface area contributed by atoms with Crippen LogP contribution < -0.4 is 10.2 Å². The van der Waals surface area contributed by atoms with E-state index in [1.165, 1.54) is 30.3 Å². The molecule has 0 unspecified atom stereocenters. The van der Waals surface area contributed by atoms with Crippen LogP contribution in [-0.2, 0) is 9.59 Å². The summed E-state index contributed by atoms with van der Waals surface area (Å²) in [5.41, 5.74) is 2.41. The predicted octanol–water partition coefficient (Wildman–Crippen LogP) is 4.77. The van der Waals surface area contributed by atoms with Crippen molar-refractivity contribution in [2.24, 2.45) is 0 Å². The largest absolute Gasteiger partial charge is 0.478 e. The number of carboxylic acids is 1. The number of anilines is 1. The van der Waals surface area contributed by atoms with Crippen LogP contribution in [0.4, 0.5) is 10.5 Å². The van der Waals surface area contributed by atoms with Crippen molar-refractivity contribution in [1.29, 1.82) is 0 Å². The number of hydrogen-bond acceptors (Lipinski definition) is 4. The molecule has 0 saturated carbocycles. The summed E-state index contributed by atoms with van der Waals surface area (Å²) < 4.78 is 1.78. The zero-order chi connectivity index (χ0) is 24.7. The van der Waals surface area contributed by atoms with E-state index in [-0.39, 0.29) is 21.8 Å². The van der Waals surface area contributed by atoms with E-state index in [4.69, 9.17) is 23.2 Å². The van der Waals surface area contributed by atoms with Gasteiger partial charge >= 0.3 is 12.0 Å². The smallest absolute Gasteiger partial charge is 0.337 e. The van der Waals surface area contributed by atoms with Gasteiger partial charge in [0.05, 0.1) is 16.3 Å². The second-order valence-corrected chi connectivity index (χ2v) is 8.41. The lowest BCUT2D eigenvalue weighted by Gasteiger charge is -2.26. The number of carboxylic acid groups (broad SMARTS) is 1. The van der Waals surface area contributed by atoms with Crippen molar-refractivity contribution in [3.8, 4) is 5.69 Å². The molecule has 0 aliphatic carbocycles. The Morgan fingerprint density at radius 2 is 1.74 bits per heavy atom. The first kappa shape index (κ1) is 23.3. The summed E-state index contributed by atoms with van der Waals surface area (Å²) in [6, 6.07) is 11.6. The van der Waals surface area contributed by atoms with Crippen molar-refractivity contribution in [3.63, 3.8) is 0 Å². The zero-order valence-corrected chi connectivity index (χ0v) is 19.4. The lowest BCUT2D eigenvalue weighted by molar-refractivity contribution is -0.122. The molecule has 3 aromatic rings. The van der Waals surface area contributed by atoms with Gasteiger partial charge in [0, 0.05) is 22.1 Å². The predicted molar refractivity (Wildman–Crippen MR) is 128 cm³/mol. The third-order valence-corrected chi connectivity index (χ3v) is 5.94. The molecule has 1 aliphatic rings. The number of barbiturate groups is 1. The van der Waals surface area contributed by atoms with Gasteiger partial charge in [-0.25, -0.2) is 14.5 Å². The van der Waals surface area contributed by atoms with E-state index in [1.807, 2.05) is 0 Å². The van der Waals surface area contributed by atoms with Crippen LogP contribution in [-0.4, -0.2) is 33.5 Å². The molecule has 1 fully saturated rings. The SMILES string of the molecule is Cc1cc(/C=C2\C(=O)NC(=O)N(c3cccc(Cl)c3)C2=O)c(C)n1-c1ccc(Cl)c(C(=O)O)c1. The molecule has 10 heteroatoms. The summed E-state index contributed by atoms with van der Waals surface area (Å²) in [6.45, 7) is 3.56. The molecule has 8 nitrogen and oxygen atoms in total. The van der Waals surface area contributed by atoms with Gasteiger partial charge in [-0.1, -0.05) is 29.3 Å². The van der Waals surface area contributed by atoms with Crippen molar-refractivity contribution in [2.45, 2.75) is 13.8 Å². The number of aromatic nitrogens is 1. The minimum absolute atomic E-state index is 0.0518. The van der Waals surface area contributed by atoms with Crippen LogP contribution in [0.1, 0.15) is 27.3 Å². The second kappa shape index (κ2) is 8.81. The van der Waals surface area contributed by atoms with Gasteiger partial charge in [-0.3, -0.25) is 14.9 Å². The summed E-state index contributed by atoms with van der Waals surface area (Å²) in [7, 11) is 0. The van der Waals surface area contributed by atoms with Gasteiger partial charge in [0.2, 0.25) is 0 Å². The number of carbonyl (C=O) groups is 4. The summed E-state index contributed by atoms with van der Waals surface area (Å²) in [5, 5.41) is 12.0. The standard InChI is InChI=1S/C24H17Cl2N3O5/c1-12-8-14(13(2)28(12)17-6-7-20(26)18(11-17)23(32)33)9-19-21(30)27-24(34)29(22(19)31)16-5-3-4-15(25)10-16/h3-11H,1-2H3,(H,32,33)(H,27,30,34)/b19-9+. The fourth-order valence-electron chi connectivity index (χ4n) is 3.81. The van der Waals surface area contributed by atoms with Crippen molar-refractivity contribution in [3.05, 3.63) is 86.7 Å². The van der Waals surface area contributed by atoms with Gasteiger partial charge in [-0.15, -0.1) is 0 Å². The van der Waals surface area contributed by atoms with Gasteiger partial charge in [0.15, 0.2) is 0 Å². The number of nitrogens with one attached hydrogen (secondary N) is 1. The molecule has 34 heavy (non-hydrogen) atoms. The van der Waals surface area contributed by atoms with E-state index in [0.717, 1.165) is 10.6 Å². The second-order valence-electron chi connectivity index (χ2n) is 7.57. The third-order valence-electron chi connectivity index (χ3n) is 5.38. The van der Waals surface area contributed by atoms with Crippen molar-refractivity contribution >= 4 is 58.8 Å². The molecule has 172 valence electrons. The van der Waals surface area contributed by atoms with Gasteiger partial charge in [0.1, 0.15) is 5.57 Å². The molecule has 1 saturated heterocycles. The Labute approximate surface area is 204 Å². The van der Waals surface area contributed by atoms with Crippen LogP contribution in [0.15, 0.2) is 54.1 Å². The van der Waals surface area contributed by atoms with E-state index < -0.39 is 23.8 Å². The highest BCUT2D eigenvalue weighted by atomic mass is 35.5. The molecule has 2 N–H and O–H groups in total. The van der Waals surface area contributed by atoms with Crippen LogP contribution >= 0.6 is 23.2 Å². The molecule has 0 spiro atoms. The van der Waals surface area contributed by atoms with E-state index in [2.05, 4.69) is 5.32 Å². The van der Waals surface area contributed by atoms with Crippen molar-refractivity contribution in [2.75, 3.05) is 4.90 Å². The molecule has 0 bridgehead atoms. The molecule has 0 radical (unpaired) electrons. The minimum atomic E-state index is -1.16. The molecule has 2 aromatic carbocycles. The monoisotopic (exact) mass is 497 g/mol. The first-order chi connectivity index (χ1) is 16.1. The number of rotatable bonds is 4. The number of carbonyl (C=O) groups excluding carboxylic acids is 3. The molecule has 4 rings (SSSR count). The first-order valence-corrected chi connectivity index (χ1v) is 10.7. The van der Waals surface area contributed by atoms with Crippen molar-refractivity contribution < 1.29 is 24.3 Å². The van der Waals surface area contributed by atoms with Crippen molar-refractivity contribution in [1.82, 2.24) is 9.88 Å². The Balaban J connectivity index is 1.78. The normalized spacial score (nSPS) is 15.1. The maximum Gasteiger partial charge on any atom is 0.337 e. The van der Waals surface area contributed by atoms with Crippen LogP contribution in [0, 0.1) is 13.8 Å². The molecular weight excluding hydrogens is 481 g/mol. The number of hydrogen-bond donors (Lipinski definition) is 2. The number of halogens is 2. The molecule has 2 heterocycles. The fourth-order valence-corrected chi connectivity index (χ4v) is 4.19. The van der Waals surface area contributed by atoms with Crippen LogP contribution in [0.3, 0.4) is 0 Å². The Morgan fingerprint density at radius 1 is 1.00 bits per heavy atom. The highest BCUT2D eigenvalue weighted by Gasteiger charge is 2.37. The van der Waals surface area contributed by atoms with Gasteiger partial charge < -0.3 is 9.67 Å². The van der Waals surface area contributed by atoms with E-state index in [1.54, 1.807) is 42.7 Å². The van der Waals surface area contributed by atoms with E-state index in [0.29, 0.717) is 22.0 Å². The number of aromatic carboxylic acids is 1. The quantitative estimate of drug-likeness (QED) is 0.398. The number of urea groups is 1. The Morgan fingerprint density at radius 3 is 2.41 bits per heavy atom. The fraction of sp³-hybridized carbons (Fsp3) is 0.0833. The number of nitrogens with zero attached hydrogens (tertiary/aromatic N) is 2. The molecule has 1 aromatic heterocycles. The molecule has 1 aliphatic heterocycles. The van der Waals surface area contributed by atoms with E-state index >= 15 is 0 Å². The zero-order valence-electron chi connectivity index (χ0n) is 17.9. The van der Waals surface area contributed by atoms with E-state index in [9.17, 15) is 24.3 Å². The maximum atomic E-state index is 13.1. The van der Waals surface area contributed by atoms with Crippen LogP contribution in [0.25, 0.3) is 11.8 Å². The summed E-state index contributed by atoms with van der Waals surface area (Å²) in [5.74, 6) is -2.77. The van der Waals surface area contributed by atoms with Crippen LogP contribution in [0.5, 0.6) is 0 Å². The number of aryl methyl sites for hydroxylation is 1. The average molecular weight is 498 g/mol. The first-order valence-electron chi connectivity index (χ1n) is 9.97. The highest BCUT2D eigenvalue weighted by molar-refractivity contribution is 6.39. The van der Waals surface area contributed by atoms with Gasteiger partial charge in [0.25, 0.3) is 11.8 Å². The molecular formula is C24H17Cl2N3O5. The van der Waals surface area contributed by atoms with Gasteiger partial charge in [-0.05, 0) is 68.0 Å². The summed E-state index contributed by atoms with van der Waals surface area (Å²) >= 11 is 12.0. The lowest BCUT2D eigenvalue weighted by atomic mass is 10.1. The average Bonchev–Trinajstić information content (AvgIpc) is 3.04. The van der Waals surface area contributed by atoms with Gasteiger partial charge in [-0.2, -0.15) is 0 Å². The number of imide groups is 2. The molecule has 0 atom stereocenters. The number of benzene rings is 2. The summed E-state index contributed by atoms with van der Waals surface area (Å²) in [6.07, 6.45) is 1.40. The van der Waals surface area contributed by atoms with Crippen LogP contribution in [0.2, 0.25) is 10.0 Å². The number of amides is 4. The molecule has 4 amide bonds. The third kappa shape index (κ3) is 4.09. The topological polar surface area (TPSA) is 109 Å². The summed E-state index contributed by atoms with van der Waals surface area (Å²) in [4.78, 5) is 50.4. The highest BCUT2D eigenvalue weighted by Crippen LogP contribution is 2.28.